The summed E-state index contributed by atoms with van der Waals surface area (Å²) in [5.41, 5.74) is 1.96. The first-order valence-corrected chi connectivity index (χ1v) is 13.0. The number of thioether (sulfide) groups is 1. The summed E-state index contributed by atoms with van der Waals surface area (Å²) in [6.07, 6.45) is 1.88. The summed E-state index contributed by atoms with van der Waals surface area (Å²) in [6, 6.07) is 18.3. The fourth-order valence-electron chi connectivity index (χ4n) is 3.80. The van der Waals surface area contributed by atoms with E-state index in [1.54, 1.807) is 4.90 Å². The first-order valence-electron chi connectivity index (χ1n) is 11.4. The van der Waals surface area contributed by atoms with E-state index in [1.807, 2.05) is 57.2 Å². The number of likely N-dealkylation sites (N-methyl/N-ethyl adjacent to an activating group) is 1. The minimum atomic E-state index is -0.0270. The zero-order valence-corrected chi connectivity index (χ0v) is 21.9. The lowest BCUT2D eigenvalue weighted by Gasteiger charge is -2.15. The van der Waals surface area contributed by atoms with Gasteiger partial charge in [0.2, 0.25) is 0 Å². The topological polar surface area (TPSA) is 51.1 Å². The lowest BCUT2D eigenvalue weighted by molar-refractivity contribution is -0.122. The molecule has 1 aliphatic heterocycles. The maximum absolute atomic E-state index is 12.9. The zero-order valence-electron chi connectivity index (χ0n) is 19.5. The number of halogens is 1. The summed E-state index contributed by atoms with van der Waals surface area (Å²) in [6.45, 7) is 8.03. The molecule has 0 aromatic heterocycles. The van der Waals surface area contributed by atoms with Gasteiger partial charge in [0.25, 0.3) is 5.91 Å². The van der Waals surface area contributed by atoms with Gasteiger partial charge in [0.15, 0.2) is 16.7 Å². The van der Waals surface area contributed by atoms with Crippen molar-refractivity contribution in [3.05, 3.63) is 75.1 Å². The van der Waals surface area contributed by atoms with E-state index in [1.165, 1.54) is 22.5 Å². The molecule has 34 heavy (non-hydrogen) atoms. The number of amides is 1. The third-order valence-electron chi connectivity index (χ3n) is 5.41. The normalized spacial score (nSPS) is 16.1. The summed E-state index contributed by atoms with van der Waals surface area (Å²) >= 11 is 5.07. The van der Waals surface area contributed by atoms with Gasteiger partial charge in [-0.25, -0.2) is 0 Å². The summed E-state index contributed by atoms with van der Waals surface area (Å²) in [4.78, 5) is 19.7. The van der Waals surface area contributed by atoms with E-state index < -0.39 is 0 Å². The number of benzene rings is 3. The van der Waals surface area contributed by atoms with Crippen LogP contribution in [0.25, 0.3) is 16.8 Å². The van der Waals surface area contributed by atoms with E-state index in [9.17, 15) is 4.79 Å². The Labute approximate surface area is 213 Å². The van der Waals surface area contributed by atoms with Crippen LogP contribution < -0.4 is 9.47 Å². The van der Waals surface area contributed by atoms with Gasteiger partial charge in [-0.2, -0.15) is 0 Å². The number of ether oxygens (including phenoxy) is 2. The SMILES string of the molecule is CCN=C1S/C(=C/c2cc(OCC)c(OCc3cccc4ccccc34)cc2Br)C(=O)N1CC. The molecule has 176 valence electrons. The minimum absolute atomic E-state index is 0.0270. The van der Waals surface area contributed by atoms with Crippen molar-refractivity contribution in [2.45, 2.75) is 27.4 Å². The Hall–Kier alpha value is -2.77. The number of nitrogens with zero attached hydrogens (tertiary/aromatic N) is 2. The second-order valence-corrected chi connectivity index (χ2v) is 9.46. The molecule has 1 aliphatic rings. The number of rotatable bonds is 8. The predicted octanol–water partition coefficient (Wildman–Crippen LogP) is 6.89. The van der Waals surface area contributed by atoms with Crippen LogP contribution in [0.4, 0.5) is 0 Å². The molecule has 1 amide bonds. The molecule has 0 atom stereocenters. The smallest absolute Gasteiger partial charge is 0.266 e. The van der Waals surface area contributed by atoms with E-state index in [2.05, 4.69) is 45.2 Å². The van der Waals surface area contributed by atoms with E-state index in [-0.39, 0.29) is 5.91 Å². The lowest BCUT2D eigenvalue weighted by atomic mass is 10.1. The van der Waals surface area contributed by atoms with Gasteiger partial charge in [0.05, 0.1) is 11.5 Å². The Morgan fingerprint density at radius 1 is 1.03 bits per heavy atom. The van der Waals surface area contributed by atoms with Crippen molar-refractivity contribution < 1.29 is 14.3 Å². The summed E-state index contributed by atoms with van der Waals surface area (Å²) in [5, 5.41) is 3.10. The Kier molecular flexibility index (Phi) is 7.95. The predicted molar refractivity (Wildman–Crippen MR) is 145 cm³/mol. The van der Waals surface area contributed by atoms with Crippen LogP contribution >= 0.6 is 27.7 Å². The second kappa shape index (κ2) is 11.1. The number of aliphatic imine (C=N–C) groups is 1. The summed E-state index contributed by atoms with van der Waals surface area (Å²) in [7, 11) is 0. The number of hydrogen-bond donors (Lipinski definition) is 0. The standard InChI is InChI=1S/C27H27BrN2O3S/c1-4-29-27-30(5-2)26(31)25(34-27)15-20-14-23(32-6-3)24(16-22(20)28)33-17-19-12-9-11-18-10-7-8-13-21(18)19/h7-16H,4-6,17H2,1-3H3/b25-15+,29-27?. The molecule has 0 N–H and O–H groups in total. The van der Waals surface area contributed by atoms with Crippen molar-refractivity contribution in [1.82, 2.24) is 4.90 Å². The molecule has 1 saturated heterocycles. The first-order chi connectivity index (χ1) is 16.5. The third-order valence-corrected chi connectivity index (χ3v) is 7.14. The number of hydrogen-bond acceptors (Lipinski definition) is 5. The number of amidine groups is 1. The second-order valence-electron chi connectivity index (χ2n) is 7.60. The zero-order chi connectivity index (χ0) is 24.1. The van der Waals surface area contributed by atoms with Crippen LogP contribution in [0.3, 0.4) is 0 Å². The number of fused-ring (bicyclic) bond motifs is 1. The molecule has 0 unspecified atom stereocenters. The summed E-state index contributed by atoms with van der Waals surface area (Å²) < 4.78 is 12.9. The summed E-state index contributed by atoms with van der Waals surface area (Å²) in [5.74, 6) is 1.27. The van der Waals surface area contributed by atoms with Gasteiger partial charge in [-0.05, 0) is 72.6 Å². The van der Waals surface area contributed by atoms with Crippen LogP contribution in [0.1, 0.15) is 31.9 Å². The van der Waals surface area contributed by atoms with Crippen LogP contribution in [0.2, 0.25) is 0 Å². The van der Waals surface area contributed by atoms with E-state index >= 15 is 0 Å². The lowest BCUT2D eigenvalue weighted by Crippen LogP contribution is -2.28. The molecule has 0 saturated carbocycles. The van der Waals surface area contributed by atoms with Gasteiger partial charge < -0.3 is 9.47 Å². The molecular weight excluding hydrogens is 512 g/mol. The van der Waals surface area contributed by atoms with Gasteiger partial charge in [0.1, 0.15) is 6.61 Å². The Bertz CT molecular complexity index is 1270. The van der Waals surface area contributed by atoms with Crippen LogP contribution in [-0.2, 0) is 11.4 Å². The number of carbonyl (C=O) groups is 1. The van der Waals surface area contributed by atoms with Crippen molar-refractivity contribution in [2.24, 2.45) is 4.99 Å². The molecule has 0 aliphatic carbocycles. The average molecular weight is 539 g/mol. The molecule has 0 spiro atoms. The maximum atomic E-state index is 12.9. The first kappa shape index (κ1) is 24.4. The molecule has 1 heterocycles. The quantitative estimate of drug-likeness (QED) is 0.293. The van der Waals surface area contributed by atoms with E-state index in [4.69, 9.17) is 9.47 Å². The fraction of sp³-hybridized carbons (Fsp3) is 0.259. The number of carbonyl (C=O) groups excluding carboxylic acids is 1. The van der Waals surface area contributed by atoms with Gasteiger partial charge in [-0.3, -0.25) is 14.7 Å². The molecule has 1 fully saturated rings. The third kappa shape index (κ3) is 5.15. The van der Waals surface area contributed by atoms with Crippen LogP contribution in [0.5, 0.6) is 11.5 Å². The fourth-order valence-corrected chi connectivity index (χ4v) is 5.33. The van der Waals surface area contributed by atoms with Crippen molar-refractivity contribution >= 4 is 55.6 Å². The minimum Gasteiger partial charge on any atom is -0.490 e. The van der Waals surface area contributed by atoms with Crippen LogP contribution in [-0.4, -0.2) is 35.7 Å². The molecule has 0 radical (unpaired) electrons. The maximum Gasteiger partial charge on any atom is 0.266 e. The molecule has 4 rings (SSSR count). The highest BCUT2D eigenvalue weighted by atomic mass is 79.9. The largest absolute Gasteiger partial charge is 0.490 e. The van der Waals surface area contributed by atoms with E-state index in [0.29, 0.717) is 42.7 Å². The van der Waals surface area contributed by atoms with Crippen molar-refractivity contribution in [3.63, 3.8) is 0 Å². The van der Waals surface area contributed by atoms with Gasteiger partial charge in [0, 0.05) is 17.6 Å². The van der Waals surface area contributed by atoms with Crippen LogP contribution in [0.15, 0.2) is 69.0 Å². The van der Waals surface area contributed by atoms with Crippen molar-refractivity contribution in [1.29, 1.82) is 0 Å². The highest BCUT2D eigenvalue weighted by molar-refractivity contribution is 9.10. The monoisotopic (exact) mass is 538 g/mol. The van der Waals surface area contributed by atoms with Crippen LogP contribution in [0, 0.1) is 0 Å². The highest BCUT2D eigenvalue weighted by Crippen LogP contribution is 2.38. The Morgan fingerprint density at radius 2 is 1.79 bits per heavy atom. The molecule has 3 aromatic rings. The molecule has 7 heteroatoms. The highest BCUT2D eigenvalue weighted by Gasteiger charge is 2.32. The average Bonchev–Trinajstić information content (AvgIpc) is 3.14. The van der Waals surface area contributed by atoms with Gasteiger partial charge >= 0.3 is 0 Å². The van der Waals surface area contributed by atoms with Gasteiger partial charge in [-0.1, -0.05) is 58.4 Å². The van der Waals surface area contributed by atoms with E-state index in [0.717, 1.165) is 20.8 Å². The molecular formula is C27H27BrN2O3S. The Balaban J connectivity index is 1.63. The van der Waals surface area contributed by atoms with Crippen molar-refractivity contribution in [3.8, 4) is 11.5 Å². The molecule has 0 bridgehead atoms. The van der Waals surface area contributed by atoms with Crippen molar-refractivity contribution in [2.75, 3.05) is 19.7 Å². The van der Waals surface area contributed by atoms with Gasteiger partial charge in [-0.15, -0.1) is 0 Å². The Morgan fingerprint density at radius 3 is 2.56 bits per heavy atom. The molecule has 3 aromatic carbocycles. The molecule has 5 nitrogen and oxygen atoms in total.